The van der Waals surface area contributed by atoms with Crippen LogP contribution in [0.1, 0.15) is 11.7 Å². The lowest BCUT2D eigenvalue weighted by Crippen LogP contribution is -2.74. The number of rotatable bonds is 7. The molecule has 0 aliphatic carbocycles. The van der Waals surface area contributed by atoms with E-state index in [1.54, 1.807) is 0 Å². The van der Waals surface area contributed by atoms with E-state index in [-0.39, 0.29) is 21.5 Å². The van der Waals surface area contributed by atoms with Crippen LogP contribution in [0.25, 0.3) is 0 Å². The standard InChI is InChI=1S/C11H13N5O8S2/c1-24-10(20)7-6(9(19)16(7)26(21,22)23)15-8(18)5(13-3-17)4-2-25-11(12)14-4/h2-3,5-7H,1H3,(H2,12,14)(H,13,17)(H,15,18)(H,21,22,23). The Kier molecular flexibility index (Phi) is 5.43. The number of aromatic nitrogens is 1. The van der Waals surface area contributed by atoms with Crippen molar-refractivity contribution in [1.82, 2.24) is 19.9 Å². The highest BCUT2D eigenvalue weighted by Gasteiger charge is 2.58. The second-order valence-electron chi connectivity index (χ2n) is 4.89. The smallest absolute Gasteiger partial charge is 0.363 e. The topological polar surface area (TPSA) is 198 Å². The lowest BCUT2D eigenvalue weighted by molar-refractivity contribution is -0.162. The van der Waals surface area contributed by atoms with Crippen molar-refractivity contribution in [1.29, 1.82) is 0 Å². The van der Waals surface area contributed by atoms with E-state index in [0.29, 0.717) is 0 Å². The van der Waals surface area contributed by atoms with E-state index >= 15 is 0 Å². The molecule has 1 fully saturated rings. The zero-order chi connectivity index (χ0) is 19.6. The van der Waals surface area contributed by atoms with Crippen LogP contribution in [0.15, 0.2) is 5.38 Å². The third kappa shape index (κ3) is 3.58. The molecule has 3 amide bonds. The average Bonchev–Trinajstić information content (AvgIpc) is 2.98. The van der Waals surface area contributed by atoms with Gasteiger partial charge in [-0.2, -0.15) is 12.7 Å². The van der Waals surface area contributed by atoms with Crippen LogP contribution >= 0.6 is 11.3 Å². The number of β-lactam (4-membered cyclic amide) rings is 1. The van der Waals surface area contributed by atoms with Gasteiger partial charge in [-0.3, -0.25) is 18.9 Å². The number of anilines is 1. The van der Waals surface area contributed by atoms with E-state index in [4.69, 9.17) is 10.3 Å². The van der Waals surface area contributed by atoms with Gasteiger partial charge in [-0.15, -0.1) is 11.3 Å². The van der Waals surface area contributed by atoms with Crippen LogP contribution in [0.4, 0.5) is 5.13 Å². The molecule has 0 aromatic carbocycles. The first kappa shape index (κ1) is 19.5. The molecule has 0 bridgehead atoms. The Morgan fingerprint density at radius 3 is 2.65 bits per heavy atom. The summed E-state index contributed by atoms with van der Waals surface area (Å²) in [6.45, 7) is 0. The first-order valence-electron chi connectivity index (χ1n) is 6.71. The number of hydrogen-bond donors (Lipinski definition) is 4. The predicted octanol–water partition coefficient (Wildman–Crippen LogP) is -2.82. The lowest BCUT2D eigenvalue weighted by Gasteiger charge is -2.42. The minimum atomic E-state index is -5.03. The molecule has 3 atom stereocenters. The fourth-order valence-corrected chi connectivity index (χ4v) is 3.67. The number of esters is 1. The highest BCUT2D eigenvalue weighted by atomic mass is 32.2. The Balaban J connectivity index is 2.24. The Hall–Kier alpha value is -2.78. The van der Waals surface area contributed by atoms with Gasteiger partial charge in [-0.25, -0.2) is 9.78 Å². The average molecular weight is 407 g/mol. The number of nitrogens with one attached hydrogen (secondary N) is 2. The number of nitrogen functional groups attached to an aromatic ring is 1. The van der Waals surface area contributed by atoms with Crippen molar-refractivity contribution in [2.75, 3.05) is 12.8 Å². The molecule has 15 heteroatoms. The van der Waals surface area contributed by atoms with Crippen LogP contribution in [0.5, 0.6) is 0 Å². The largest absolute Gasteiger partial charge is 0.467 e. The second-order valence-corrected chi connectivity index (χ2v) is 7.07. The van der Waals surface area contributed by atoms with Crippen molar-refractivity contribution in [3.05, 3.63) is 11.1 Å². The molecule has 1 saturated heterocycles. The van der Waals surface area contributed by atoms with Crippen molar-refractivity contribution in [3.8, 4) is 0 Å². The zero-order valence-electron chi connectivity index (χ0n) is 13.0. The van der Waals surface area contributed by atoms with Gasteiger partial charge in [0.1, 0.15) is 6.04 Å². The van der Waals surface area contributed by atoms with Crippen LogP contribution in [-0.2, 0) is 34.2 Å². The SMILES string of the molecule is COC(=O)C1C(NC(=O)C(NC=O)c2csc(N)n2)C(=O)N1S(=O)(=O)O. The Morgan fingerprint density at radius 1 is 1.54 bits per heavy atom. The van der Waals surface area contributed by atoms with Crippen molar-refractivity contribution >= 4 is 51.0 Å². The Labute approximate surface area is 150 Å². The highest BCUT2D eigenvalue weighted by molar-refractivity contribution is 7.84. The quantitative estimate of drug-likeness (QED) is 0.158. The monoisotopic (exact) mass is 407 g/mol. The third-order valence-corrected chi connectivity index (χ3v) is 4.97. The number of amides is 3. The molecule has 26 heavy (non-hydrogen) atoms. The van der Waals surface area contributed by atoms with Crippen molar-refractivity contribution < 1.29 is 36.9 Å². The van der Waals surface area contributed by atoms with Crippen molar-refractivity contribution in [2.45, 2.75) is 18.1 Å². The van der Waals surface area contributed by atoms with Gasteiger partial charge in [0.25, 0.3) is 5.91 Å². The Morgan fingerprint density at radius 2 is 2.19 bits per heavy atom. The fourth-order valence-electron chi connectivity index (χ4n) is 2.25. The molecule has 2 heterocycles. The molecule has 5 N–H and O–H groups in total. The van der Waals surface area contributed by atoms with Crippen LogP contribution in [0, 0.1) is 0 Å². The molecule has 2 rings (SSSR count). The summed E-state index contributed by atoms with van der Waals surface area (Å²) in [5, 5.41) is 5.80. The summed E-state index contributed by atoms with van der Waals surface area (Å²) in [5.41, 5.74) is 5.54. The molecule has 1 aromatic heterocycles. The number of nitrogens with zero attached hydrogens (tertiary/aromatic N) is 2. The molecular formula is C11H13N5O8S2. The van der Waals surface area contributed by atoms with E-state index in [9.17, 15) is 27.6 Å². The number of methoxy groups -OCH3 is 1. The number of carbonyl (C=O) groups excluding carboxylic acids is 4. The summed E-state index contributed by atoms with van der Waals surface area (Å²) in [6.07, 6.45) is 0.213. The third-order valence-electron chi connectivity index (χ3n) is 3.37. The normalized spacial score (nSPS) is 20.7. The number of hydrogen-bond acceptors (Lipinski definition) is 10. The number of ether oxygens (including phenoxy) is 1. The van der Waals surface area contributed by atoms with Crippen LogP contribution in [-0.4, -0.2) is 65.6 Å². The van der Waals surface area contributed by atoms with E-state index in [2.05, 4.69) is 20.4 Å². The van der Waals surface area contributed by atoms with Crippen LogP contribution < -0.4 is 16.4 Å². The van der Waals surface area contributed by atoms with E-state index < -0.39 is 46.2 Å². The van der Waals surface area contributed by atoms with Crippen molar-refractivity contribution in [2.24, 2.45) is 0 Å². The molecule has 142 valence electrons. The van der Waals surface area contributed by atoms with Gasteiger partial charge in [0, 0.05) is 5.38 Å². The molecule has 0 spiro atoms. The molecule has 13 nitrogen and oxygen atoms in total. The summed E-state index contributed by atoms with van der Waals surface area (Å²) in [7, 11) is -4.10. The van der Waals surface area contributed by atoms with Gasteiger partial charge in [0.15, 0.2) is 17.2 Å². The summed E-state index contributed by atoms with van der Waals surface area (Å²) in [4.78, 5) is 50.6. The van der Waals surface area contributed by atoms with Gasteiger partial charge in [-0.1, -0.05) is 0 Å². The van der Waals surface area contributed by atoms with E-state index in [0.717, 1.165) is 18.4 Å². The summed E-state index contributed by atoms with van der Waals surface area (Å²) in [6, 6.07) is -4.75. The van der Waals surface area contributed by atoms with Gasteiger partial charge >= 0.3 is 16.3 Å². The van der Waals surface area contributed by atoms with Gasteiger partial charge in [0.2, 0.25) is 12.3 Å². The molecule has 1 aromatic rings. The van der Waals surface area contributed by atoms with Crippen molar-refractivity contribution in [3.63, 3.8) is 0 Å². The zero-order valence-corrected chi connectivity index (χ0v) is 14.6. The summed E-state index contributed by atoms with van der Waals surface area (Å²) < 4.78 is 35.7. The first-order valence-corrected chi connectivity index (χ1v) is 8.99. The molecule has 1 aliphatic rings. The van der Waals surface area contributed by atoms with E-state index in [1.165, 1.54) is 5.38 Å². The highest BCUT2D eigenvalue weighted by Crippen LogP contribution is 2.26. The number of carbonyl (C=O) groups is 4. The van der Waals surface area contributed by atoms with Gasteiger partial charge in [-0.05, 0) is 0 Å². The maximum absolute atomic E-state index is 12.4. The number of nitrogens with two attached hydrogens (primary N) is 1. The molecule has 1 aliphatic heterocycles. The summed E-state index contributed by atoms with van der Waals surface area (Å²) in [5.74, 6) is -3.38. The second kappa shape index (κ2) is 7.22. The maximum Gasteiger partial charge on any atom is 0.363 e. The predicted molar refractivity (Wildman–Crippen MR) is 84.6 cm³/mol. The number of thiazole rings is 1. The minimum Gasteiger partial charge on any atom is -0.467 e. The minimum absolute atomic E-state index is 0.0742. The van der Waals surface area contributed by atoms with Gasteiger partial charge in [0.05, 0.1) is 12.8 Å². The van der Waals surface area contributed by atoms with Crippen LogP contribution in [0.3, 0.4) is 0 Å². The maximum atomic E-state index is 12.4. The van der Waals surface area contributed by atoms with Crippen LogP contribution in [0.2, 0.25) is 0 Å². The molecule has 0 saturated carbocycles. The molecule has 0 radical (unpaired) electrons. The molecular weight excluding hydrogens is 394 g/mol. The summed E-state index contributed by atoms with van der Waals surface area (Å²) >= 11 is 0.997. The van der Waals surface area contributed by atoms with Gasteiger partial charge < -0.3 is 21.1 Å². The fraction of sp³-hybridized carbons (Fsp3) is 0.364. The lowest BCUT2D eigenvalue weighted by atomic mass is 9.98. The molecule has 3 unspecified atom stereocenters. The van der Waals surface area contributed by atoms with E-state index in [1.807, 2.05) is 0 Å². The Bertz CT molecular complexity index is 853. The first-order chi connectivity index (χ1) is 12.1.